The van der Waals surface area contributed by atoms with E-state index in [-0.39, 0.29) is 44.4 Å². The van der Waals surface area contributed by atoms with Crippen molar-refractivity contribution in [2.24, 2.45) is 0 Å². The van der Waals surface area contributed by atoms with Gasteiger partial charge in [0.15, 0.2) is 11.5 Å². The molecule has 35 heavy (non-hydrogen) atoms. The van der Waals surface area contributed by atoms with E-state index in [0.717, 1.165) is 11.1 Å². The zero-order valence-corrected chi connectivity index (χ0v) is 20.7. The number of aliphatic hydroxyl groups is 3. The summed E-state index contributed by atoms with van der Waals surface area (Å²) in [4.78, 5) is 11.6. The van der Waals surface area contributed by atoms with Crippen molar-refractivity contribution >= 4 is 12.0 Å². The average molecular weight is 491 g/mol. The smallest absolute Gasteiger partial charge is 0.308 e. The number of carbonyl (C=O) groups excluding carboxylic acids is 1. The molecule has 0 saturated heterocycles. The molecular formula is C27H35FO7. The van der Waals surface area contributed by atoms with Gasteiger partial charge in [0.2, 0.25) is 0 Å². The van der Waals surface area contributed by atoms with Crippen LogP contribution in [-0.2, 0) is 9.53 Å². The minimum Gasteiger partial charge on any atom is -0.493 e. The zero-order chi connectivity index (χ0) is 26.0. The van der Waals surface area contributed by atoms with Crippen LogP contribution in [0.25, 0.3) is 17.2 Å². The van der Waals surface area contributed by atoms with Gasteiger partial charge in [-0.3, -0.25) is 4.79 Å². The van der Waals surface area contributed by atoms with Crippen molar-refractivity contribution in [1.29, 1.82) is 0 Å². The van der Waals surface area contributed by atoms with Crippen molar-refractivity contribution in [1.82, 2.24) is 0 Å². The molecule has 0 aliphatic rings. The first-order valence-electron chi connectivity index (χ1n) is 11.7. The first-order valence-corrected chi connectivity index (χ1v) is 11.7. The third kappa shape index (κ3) is 8.06. The highest BCUT2D eigenvalue weighted by Gasteiger charge is 2.22. The molecule has 0 aromatic heterocycles. The summed E-state index contributed by atoms with van der Waals surface area (Å²) < 4.78 is 29.9. The van der Waals surface area contributed by atoms with Crippen LogP contribution in [0.15, 0.2) is 36.4 Å². The molecule has 2 unspecified atom stereocenters. The normalized spacial score (nSPS) is 13.2. The van der Waals surface area contributed by atoms with Crippen LogP contribution >= 0.6 is 0 Å². The fourth-order valence-electron chi connectivity index (χ4n) is 3.74. The predicted octanol–water partition coefficient (Wildman–Crippen LogP) is 4.07. The van der Waals surface area contributed by atoms with Gasteiger partial charge in [-0.1, -0.05) is 38.1 Å². The summed E-state index contributed by atoms with van der Waals surface area (Å²) in [6.07, 6.45) is 0.894. The van der Waals surface area contributed by atoms with Crippen LogP contribution in [0.3, 0.4) is 0 Å². The third-order valence-electron chi connectivity index (χ3n) is 5.34. The minimum absolute atomic E-state index is 0.0252. The Labute approximate surface area is 205 Å². The lowest BCUT2D eigenvalue weighted by Gasteiger charge is -2.22. The highest BCUT2D eigenvalue weighted by Crippen LogP contribution is 2.45. The molecule has 2 aromatic rings. The van der Waals surface area contributed by atoms with Crippen molar-refractivity contribution < 1.29 is 38.7 Å². The Morgan fingerprint density at radius 1 is 1.17 bits per heavy atom. The maximum Gasteiger partial charge on any atom is 0.308 e. The van der Waals surface area contributed by atoms with Crippen molar-refractivity contribution in [3.63, 3.8) is 0 Å². The van der Waals surface area contributed by atoms with E-state index >= 15 is 0 Å². The number of esters is 1. The lowest BCUT2D eigenvalue weighted by Crippen LogP contribution is -2.20. The maximum absolute atomic E-state index is 13.7. The van der Waals surface area contributed by atoms with Crippen molar-refractivity contribution in [2.45, 2.75) is 51.7 Å². The SMILES string of the molecule is CCOC(=O)CC(O)CC(O)C=Cc1c(C(C)C)cc(OC)c(OCCO)c1-c1ccc(F)cc1. The number of halogens is 1. The highest BCUT2D eigenvalue weighted by molar-refractivity contribution is 5.85. The number of hydrogen-bond donors (Lipinski definition) is 3. The summed E-state index contributed by atoms with van der Waals surface area (Å²) in [5.41, 5.74) is 2.90. The molecule has 3 N–H and O–H groups in total. The number of ether oxygens (including phenoxy) is 3. The Bertz CT molecular complexity index is 986. The van der Waals surface area contributed by atoms with E-state index < -0.39 is 18.2 Å². The second kappa shape index (κ2) is 13.8. The van der Waals surface area contributed by atoms with Crippen LogP contribution in [0.5, 0.6) is 11.5 Å². The monoisotopic (exact) mass is 490 g/mol. The molecule has 0 saturated carbocycles. The Morgan fingerprint density at radius 2 is 1.86 bits per heavy atom. The maximum atomic E-state index is 13.7. The Kier molecular flexibility index (Phi) is 11.2. The van der Waals surface area contributed by atoms with E-state index in [0.29, 0.717) is 22.6 Å². The molecule has 0 aliphatic heterocycles. The molecule has 0 bridgehead atoms. The molecule has 0 heterocycles. The standard InChI is InChI=1S/C27H35FO7/c1-5-34-25(32)15-21(31)14-20(30)10-11-22-23(17(2)3)16-24(33-4)27(35-13-12-29)26(22)18-6-8-19(28)9-7-18/h6-11,16-17,20-21,29-31H,5,12-15H2,1-4H3. The van der Waals surface area contributed by atoms with E-state index in [9.17, 15) is 24.5 Å². The van der Waals surface area contributed by atoms with Crippen LogP contribution in [0.4, 0.5) is 4.39 Å². The second-order valence-corrected chi connectivity index (χ2v) is 8.34. The van der Waals surface area contributed by atoms with Gasteiger partial charge < -0.3 is 29.5 Å². The number of hydrogen-bond acceptors (Lipinski definition) is 7. The van der Waals surface area contributed by atoms with Crippen LogP contribution in [0.1, 0.15) is 50.7 Å². The first-order chi connectivity index (χ1) is 16.7. The Morgan fingerprint density at radius 3 is 2.43 bits per heavy atom. The van der Waals surface area contributed by atoms with Gasteiger partial charge >= 0.3 is 5.97 Å². The molecule has 8 heteroatoms. The second-order valence-electron chi connectivity index (χ2n) is 8.34. The summed E-state index contributed by atoms with van der Waals surface area (Å²) in [6.45, 7) is 5.73. The lowest BCUT2D eigenvalue weighted by molar-refractivity contribution is -0.145. The van der Waals surface area contributed by atoms with Gasteiger partial charge in [-0.15, -0.1) is 0 Å². The molecule has 0 spiro atoms. The number of aliphatic hydroxyl groups excluding tert-OH is 3. The zero-order valence-electron chi connectivity index (χ0n) is 20.7. The molecule has 7 nitrogen and oxygen atoms in total. The summed E-state index contributed by atoms with van der Waals surface area (Å²) in [6, 6.07) is 7.77. The van der Waals surface area contributed by atoms with Gasteiger partial charge in [0, 0.05) is 12.0 Å². The first kappa shape index (κ1) is 28.3. The minimum atomic E-state index is -1.06. The van der Waals surface area contributed by atoms with Gasteiger partial charge in [0.25, 0.3) is 0 Å². The summed E-state index contributed by atoms with van der Waals surface area (Å²) in [5, 5.41) is 30.0. The molecule has 192 valence electrons. The molecule has 0 fully saturated rings. The van der Waals surface area contributed by atoms with Gasteiger partial charge in [-0.25, -0.2) is 4.39 Å². The van der Waals surface area contributed by atoms with Crippen LogP contribution in [-0.4, -0.2) is 60.4 Å². The summed E-state index contributed by atoms with van der Waals surface area (Å²) >= 11 is 0. The molecule has 2 atom stereocenters. The molecule has 0 radical (unpaired) electrons. The molecular weight excluding hydrogens is 455 g/mol. The quantitative estimate of drug-likeness (QED) is 0.364. The van der Waals surface area contributed by atoms with E-state index in [2.05, 4.69) is 0 Å². The molecule has 0 aliphatic carbocycles. The number of methoxy groups -OCH3 is 1. The molecule has 2 rings (SSSR count). The fourth-order valence-corrected chi connectivity index (χ4v) is 3.74. The van der Waals surface area contributed by atoms with E-state index in [1.54, 1.807) is 25.1 Å². The van der Waals surface area contributed by atoms with Gasteiger partial charge in [-0.2, -0.15) is 0 Å². The molecule has 2 aromatic carbocycles. The highest BCUT2D eigenvalue weighted by atomic mass is 19.1. The lowest BCUT2D eigenvalue weighted by atomic mass is 9.88. The predicted molar refractivity (Wildman–Crippen MR) is 132 cm³/mol. The van der Waals surface area contributed by atoms with E-state index in [1.165, 1.54) is 25.3 Å². The largest absolute Gasteiger partial charge is 0.493 e. The van der Waals surface area contributed by atoms with Gasteiger partial charge in [-0.05, 0) is 47.7 Å². The van der Waals surface area contributed by atoms with Gasteiger partial charge in [0.1, 0.15) is 12.4 Å². The number of benzene rings is 2. The summed E-state index contributed by atoms with van der Waals surface area (Å²) in [5.74, 6) is -0.0152. The molecule has 0 amide bonds. The van der Waals surface area contributed by atoms with Crippen molar-refractivity contribution in [3.05, 3.63) is 53.4 Å². The summed E-state index contributed by atoms with van der Waals surface area (Å²) in [7, 11) is 1.52. The number of rotatable bonds is 13. The number of carbonyl (C=O) groups is 1. The Balaban J connectivity index is 2.54. The van der Waals surface area contributed by atoms with Gasteiger partial charge in [0.05, 0.1) is 39.0 Å². The van der Waals surface area contributed by atoms with E-state index in [4.69, 9.17) is 14.2 Å². The van der Waals surface area contributed by atoms with Crippen molar-refractivity contribution in [3.8, 4) is 22.6 Å². The van der Waals surface area contributed by atoms with Crippen LogP contribution < -0.4 is 9.47 Å². The topological polar surface area (TPSA) is 105 Å². The average Bonchev–Trinajstić information content (AvgIpc) is 2.81. The van der Waals surface area contributed by atoms with Crippen LogP contribution in [0, 0.1) is 5.82 Å². The van der Waals surface area contributed by atoms with Crippen LogP contribution in [0.2, 0.25) is 0 Å². The third-order valence-corrected chi connectivity index (χ3v) is 5.34. The fraction of sp³-hybridized carbons (Fsp3) is 0.444. The Hall–Kier alpha value is -2.94. The van der Waals surface area contributed by atoms with E-state index in [1.807, 2.05) is 19.9 Å². The van der Waals surface area contributed by atoms with Crippen molar-refractivity contribution in [2.75, 3.05) is 26.9 Å².